The maximum absolute atomic E-state index is 12.8. The first-order chi connectivity index (χ1) is 14.0. The van der Waals surface area contributed by atoms with Crippen molar-refractivity contribution in [2.75, 3.05) is 32.0 Å². The van der Waals surface area contributed by atoms with Crippen molar-refractivity contribution in [1.82, 2.24) is 24.9 Å². The normalized spacial score (nSPS) is 14.4. The van der Waals surface area contributed by atoms with Crippen LogP contribution in [-0.4, -0.2) is 57.1 Å². The Labute approximate surface area is 169 Å². The molecule has 8 nitrogen and oxygen atoms in total. The van der Waals surface area contributed by atoms with Crippen LogP contribution in [0.25, 0.3) is 22.4 Å². The fourth-order valence-corrected chi connectivity index (χ4v) is 3.27. The molecule has 1 aliphatic heterocycles. The van der Waals surface area contributed by atoms with Gasteiger partial charge in [0.2, 0.25) is 0 Å². The van der Waals surface area contributed by atoms with Crippen LogP contribution in [0.4, 0.5) is 5.82 Å². The number of hydrogen-bond acceptors (Lipinski definition) is 6. The number of carbonyl (C=O) groups excluding carboxylic acids is 1. The molecule has 29 heavy (non-hydrogen) atoms. The Morgan fingerprint density at radius 1 is 1.17 bits per heavy atom. The van der Waals surface area contributed by atoms with Crippen LogP contribution in [0.1, 0.15) is 30.2 Å². The standard InChI is InChI=1S/C21H24N6O2/c1-14(2)27-13-19(24-25-27)18-11-17(12-23-20(18)22)15-4-3-5-16(10-15)21(28)26-6-8-29-9-7-26/h3-5,10-14H,6-9H2,1-2H3,(H2,22,23). The first kappa shape index (κ1) is 19.1. The Balaban J connectivity index is 1.65. The second-order valence-electron chi connectivity index (χ2n) is 7.32. The van der Waals surface area contributed by atoms with Gasteiger partial charge in [0.15, 0.2) is 0 Å². The van der Waals surface area contributed by atoms with Crippen molar-refractivity contribution in [2.24, 2.45) is 0 Å². The molecule has 1 amide bonds. The smallest absolute Gasteiger partial charge is 0.254 e. The summed E-state index contributed by atoms with van der Waals surface area (Å²) < 4.78 is 7.12. The van der Waals surface area contributed by atoms with Crippen molar-refractivity contribution in [3.05, 3.63) is 48.3 Å². The van der Waals surface area contributed by atoms with Crippen molar-refractivity contribution in [3.63, 3.8) is 0 Å². The molecular weight excluding hydrogens is 368 g/mol. The minimum absolute atomic E-state index is 0.0126. The van der Waals surface area contributed by atoms with Gasteiger partial charge in [0.25, 0.3) is 5.91 Å². The molecule has 0 saturated carbocycles. The Kier molecular flexibility index (Phi) is 5.26. The van der Waals surface area contributed by atoms with Gasteiger partial charge in [-0.3, -0.25) is 4.79 Å². The number of amides is 1. The topological polar surface area (TPSA) is 99.2 Å². The summed E-state index contributed by atoms with van der Waals surface area (Å²) in [5, 5.41) is 8.38. The molecule has 0 radical (unpaired) electrons. The minimum atomic E-state index is 0.0126. The predicted molar refractivity (Wildman–Crippen MR) is 110 cm³/mol. The molecule has 0 atom stereocenters. The zero-order valence-electron chi connectivity index (χ0n) is 16.6. The highest BCUT2D eigenvalue weighted by Crippen LogP contribution is 2.29. The minimum Gasteiger partial charge on any atom is -0.383 e. The molecule has 0 bridgehead atoms. The number of rotatable bonds is 4. The quantitative estimate of drug-likeness (QED) is 0.733. The predicted octanol–water partition coefficient (Wildman–Crippen LogP) is 2.64. The molecule has 0 aliphatic carbocycles. The monoisotopic (exact) mass is 392 g/mol. The van der Waals surface area contributed by atoms with Crippen LogP contribution in [0.5, 0.6) is 0 Å². The molecule has 1 aromatic carbocycles. The number of hydrogen-bond donors (Lipinski definition) is 1. The van der Waals surface area contributed by atoms with Gasteiger partial charge in [0, 0.05) is 42.0 Å². The lowest BCUT2D eigenvalue weighted by Crippen LogP contribution is -2.40. The number of ether oxygens (including phenoxy) is 1. The summed E-state index contributed by atoms with van der Waals surface area (Å²) >= 11 is 0. The van der Waals surface area contributed by atoms with E-state index >= 15 is 0 Å². The molecule has 4 rings (SSSR count). The lowest BCUT2D eigenvalue weighted by atomic mass is 10.0. The third-order valence-corrected chi connectivity index (χ3v) is 4.97. The number of benzene rings is 1. The molecular formula is C21H24N6O2. The van der Waals surface area contributed by atoms with Crippen LogP contribution in [0.15, 0.2) is 42.7 Å². The van der Waals surface area contributed by atoms with Crippen LogP contribution >= 0.6 is 0 Å². The second-order valence-corrected chi connectivity index (χ2v) is 7.32. The average Bonchev–Trinajstić information content (AvgIpc) is 3.25. The number of pyridine rings is 1. The molecule has 1 aliphatic rings. The Morgan fingerprint density at radius 2 is 1.97 bits per heavy atom. The van der Waals surface area contributed by atoms with E-state index in [9.17, 15) is 4.79 Å². The van der Waals surface area contributed by atoms with E-state index in [2.05, 4.69) is 15.3 Å². The number of nitrogens with two attached hydrogens (primary N) is 1. The highest BCUT2D eigenvalue weighted by atomic mass is 16.5. The zero-order chi connectivity index (χ0) is 20.4. The molecule has 2 N–H and O–H groups in total. The van der Waals surface area contributed by atoms with Gasteiger partial charge in [-0.1, -0.05) is 17.3 Å². The molecule has 1 saturated heterocycles. The molecule has 150 valence electrons. The van der Waals surface area contributed by atoms with Crippen LogP contribution in [0, 0.1) is 0 Å². The van der Waals surface area contributed by atoms with E-state index in [-0.39, 0.29) is 11.9 Å². The molecule has 0 unspecified atom stereocenters. The molecule has 3 heterocycles. The summed E-state index contributed by atoms with van der Waals surface area (Å²) in [7, 11) is 0. The number of morpholine rings is 1. The van der Waals surface area contributed by atoms with E-state index in [1.807, 2.05) is 55.3 Å². The van der Waals surface area contributed by atoms with Crippen molar-refractivity contribution in [3.8, 4) is 22.4 Å². The zero-order valence-corrected chi connectivity index (χ0v) is 16.6. The summed E-state index contributed by atoms with van der Waals surface area (Å²) in [5.41, 5.74) is 9.90. The Hall–Kier alpha value is -3.26. The van der Waals surface area contributed by atoms with Gasteiger partial charge < -0.3 is 15.4 Å². The van der Waals surface area contributed by atoms with Crippen LogP contribution in [0.2, 0.25) is 0 Å². The lowest BCUT2D eigenvalue weighted by Gasteiger charge is -2.27. The number of carbonyl (C=O) groups is 1. The Morgan fingerprint density at radius 3 is 2.69 bits per heavy atom. The van der Waals surface area contributed by atoms with Gasteiger partial charge in [-0.15, -0.1) is 5.10 Å². The highest BCUT2D eigenvalue weighted by Gasteiger charge is 2.19. The van der Waals surface area contributed by atoms with Gasteiger partial charge in [-0.2, -0.15) is 0 Å². The first-order valence-electron chi connectivity index (χ1n) is 9.68. The third-order valence-electron chi connectivity index (χ3n) is 4.97. The van der Waals surface area contributed by atoms with E-state index < -0.39 is 0 Å². The SMILES string of the molecule is CC(C)n1cc(-c2cc(-c3cccc(C(=O)N4CCOCC4)c3)cnc2N)nn1. The van der Waals surface area contributed by atoms with Crippen molar-refractivity contribution in [2.45, 2.75) is 19.9 Å². The van der Waals surface area contributed by atoms with Crippen LogP contribution < -0.4 is 5.73 Å². The summed E-state index contributed by atoms with van der Waals surface area (Å²) in [6, 6.07) is 9.71. The number of nitrogens with zero attached hydrogens (tertiary/aromatic N) is 5. The number of aromatic nitrogens is 4. The number of nitrogen functional groups attached to an aromatic ring is 1. The summed E-state index contributed by atoms with van der Waals surface area (Å²) in [5.74, 6) is 0.406. The van der Waals surface area contributed by atoms with Crippen molar-refractivity contribution >= 4 is 11.7 Å². The lowest BCUT2D eigenvalue weighted by molar-refractivity contribution is 0.0303. The van der Waals surface area contributed by atoms with Crippen LogP contribution in [0.3, 0.4) is 0 Å². The molecule has 2 aromatic heterocycles. The highest BCUT2D eigenvalue weighted by molar-refractivity contribution is 5.95. The largest absolute Gasteiger partial charge is 0.383 e. The van der Waals surface area contributed by atoms with Gasteiger partial charge in [-0.25, -0.2) is 9.67 Å². The van der Waals surface area contributed by atoms with Gasteiger partial charge in [0.1, 0.15) is 11.5 Å². The Bertz CT molecular complexity index is 1020. The maximum atomic E-state index is 12.8. The summed E-state index contributed by atoms with van der Waals surface area (Å²) in [4.78, 5) is 19.0. The fraction of sp³-hybridized carbons (Fsp3) is 0.333. The molecule has 8 heteroatoms. The molecule has 1 fully saturated rings. The first-order valence-corrected chi connectivity index (χ1v) is 9.68. The number of anilines is 1. The van der Waals surface area contributed by atoms with E-state index in [0.717, 1.165) is 16.7 Å². The van der Waals surface area contributed by atoms with Gasteiger partial charge in [-0.05, 0) is 37.6 Å². The van der Waals surface area contributed by atoms with E-state index in [4.69, 9.17) is 10.5 Å². The molecule has 3 aromatic rings. The van der Waals surface area contributed by atoms with Gasteiger partial charge in [0.05, 0.1) is 19.4 Å². The van der Waals surface area contributed by atoms with Crippen molar-refractivity contribution < 1.29 is 9.53 Å². The second kappa shape index (κ2) is 8.00. The average molecular weight is 392 g/mol. The fourth-order valence-electron chi connectivity index (χ4n) is 3.27. The van der Waals surface area contributed by atoms with E-state index in [1.54, 1.807) is 10.9 Å². The molecule has 0 spiro atoms. The third kappa shape index (κ3) is 3.97. The van der Waals surface area contributed by atoms with Crippen LogP contribution in [-0.2, 0) is 4.74 Å². The van der Waals surface area contributed by atoms with Gasteiger partial charge >= 0.3 is 0 Å². The van der Waals surface area contributed by atoms with E-state index in [1.165, 1.54) is 0 Å². The summed E-state index contributed by atoms with van der Waals surface area (Å²) in [6.07, 6.45) is 3.57. The maximum Gasteiger partial charge on any atom is 0.254 e. The van der Waals surface area contributed by atoms with Crippen molar-refractivity contribution in [1.29, 1.82) is 0 Å². The van der Waals surface area contributed by atoms with E-state index in [0.29, 0.717) is 43.4 Å². The summed E-state index contributed by atoms with van der Waals surface area (Å²) in [6.45, 7) is 6.45.